The van der Waals surface area contributed by atoms with Crippen LogP contribution < -0.4 is 0 Å². The molecule has 0 heterocycles. The van der Waals surface area contributed by atoms with Gasteiger partial charge in [-0.1, -0.05) is 47.0 Å². The van der Waals surface area contributed by atoms with E-state index in [4.69, 9.17) is 0 Å². The molecule has 96 valence electrons. The molecule has 2 atom stereocenters. The van der Waals surface area contributed by atoms with Crippen molar-refractivity contribution in [2.24, 2.45) is 21.3 Å². The first-order chi connectivity index (χ1) is 8.00. The molecule has 0 saturated heterocycles. The first kappa shape index (κ1) is 15.8. The fourth-order valence-corrected chi connectivity index (χ4v) is 1.84. The molecule has 0 aromatic heterocycles. The lowest BCUT2D eigenvalue weighted by atomic mass is 9.72. The van der Waals surface area contributed by atoms with E-state index in [9.17, 15) is 9.59 Å². The van der Waals surface area contributed by atoms with E-state index in [1.54, 1.807) is 6.08 Å². The molecule has 0 bridgehead atoms. The zero-order valence-corrected chi connectivity index (χ0v) is 11.2. The molecule has 0 N–H and O–H groups in total. The van der Waals surface area contributed by atoms with Crippen molar-refractivity contribution in [2.75, 3.05) is 6.54 Å². The maximum absolute atomic E-state index is 10.4. The SMILES string of the molecule is CCCCC(C)C(C)(C)C(CN=C=O)N=C=O. The summed E-state index contributed by atoms with van der Waals surface area (Å²) in [5, 5.41) is 0. The van der Waals surface area contributed by atoms with Crippen molar-refractivity contribution in [3.8, 4) is 0 Å². The molecule has 4 heteroatoms. The van der Waals surface area contributed by atoms with Gasteiger partial charge < -0.3 is 0 Å². The molecule has 0 spiro atoms. The molecule has 17 heavy (non-hydrogen) atoms. The van der Waals surface area contributed by atoms with E-state index < -0.39 is 0 Å². The van der Waals surface area contributed by atoms with Gasteiger partial charge in [-0.2, -0.15) is 4.99 Å². The van der Waals surface area contributed by atoms with Gasteiger partial charge in [-0.05, 0) is 11.3 Å². The van der Waals surface area contributed by atoms with Crippen LogP contribution in [0.2, 0.25) is 0 Å². The van der Waals surface area contributed by atoms with Gasteiger partial charge in [0.25, 0.3) is 0 Å². The molecule has 0 saturated carbocycles. The third-order valence-electron chi connectivity index (χ3n) is 3.66. The maximum Gasteiger partial charge on any atom is 0.235 e. The summed E-state index contributed by atoms with van der Waals surface area (Å²) >= 11 is 0. The summed E-state index contributed by atoms with van der Waals surface area (Å²) in [5.74, 6) is 0.409. The van der Waals surface area contributed by atoms with Gasteiger partial charge in [0.2, 0.25) is 12.2 Å². The normalized spacial score (nSPS) is 14.4. The minimum absolute atomic E-state index is 0.174. The Labute approximate surface area is 103 Å². The third kappa shape index (κ3) is 5.08. The second kappa shape index (κ2) is 7.94. The lowest BCUT2D eigenvalue weighted by molar-refractivity contribution is 0.172. The Balaban J connectivity index is 4.78. The molecule has 0 aromatic carbocycles. The number of unbranched alkanes of at least 4 members (excludes halogenated alkanes) is 1. The number of hydrogen-bond donors (Lipinski definition) is 0. The largest absolute Gasteiger partial charge is 0.235 e. The second-order valence-corrected chi connectivity index (χ2v) is 5.03. The van der Waals surface area contributed by atoms with Crippen LogP contribution in [0.4, 0.5) is 0 Å². The molecule has 0 amide bonds. The summed E-state index contributed by atoms with van der Waals surface area (Å²) in [6.45, 7) is 8.62. The predicted octanol–water partition coefficient (Wildman–Crippen LogP) is 2.88. The number of nitrogens with zero attached hydrogens (tertiary/aromatic N) is 2. The Hall–Kier alpha value is -1.24. The van der Waals surface area contributed by atoms with Gasteiger partial charge >= 0.3 is 0 Å². The summed E-state index contributed by atoms with van der Waals surface area (Å²) in [5.41, 5.74) is -0.174. The fourth-order valence-electron chi connectivity index (χ4n) is 1.84. The van der Waals surface area contributed by atoms with Crippen LogP contribution in [0.15, 0.2) is 9.98 Å². The molecular formula is C13H22N2O2. The number of carbonyl (C=O) groups excluding carboxylic acids is 2. The first-order valence-electron chi connectivity index (χ1n) is 6.11. The predicted molar refractivity (Wildman–Crippen MR) is 67.4 cm³/mol. The molecule has 0 rings (SSSR count). The van der Waals surface area contributed by atoms with E-state index in [1.165, 1.54) is 6.08 Å². The Morgan fingerprint density at radius 2 is 1.88 bits per heavy atom. The number of aliphatic imine (C=N–C) groups is 2. The smallest absolute Gasteiger partial charge is 0.211 e. The van der Waals surface area contributed by atoms with Gasteiger partial charge in [0.15, 0.2) is 0 Å². The number of hydrogen-bond acceptors (Lipinski definition) is 4. The fraction of sp³-hybridized carbons (Fsp3) is 0.846. The van der Waals surface area contributed by atoms with Crippen LogP contribution in [-0.2, 0) is 9.59 Å². The summed E-state index contributed by atoms with van der Waals surface area (Å²) in [7, 11) is 0. The van der Waals surface area contributed by atoms with Crippen LogP contribution in [0.1, 0.15) is 47.0 Å². The highest BCUT2D eigenvalue weighted by molar-refractivity contribution is 5.35. The van der Waals surface area contributed by atoms with Crippen LogP contribution in [0.5, 0.6) is 0 Å². The van der Waals surface area contributed by atoms with Gasteiger partial charge in [-0.3, -0.25) is 0 Å². The zero-order chi connectivity index (χ0) is 13.3. The lowest BCUT2D eigenvalue weighted by Gasteiger charge is -2.35. The minimum atomic E-state index is -0.298. The lowest BCUT2D eigenvalue weighted by Crippen LogP contribution is -2.36. The second-order valence-electron chi connectivity index (χ2n) is 5.03. The average Bonchev–Trinajstić information content (AvgIpc) is 2.31. The molecular weight excluding hydrogens is 216 g/mol. The minimum Gasteiger partial charge on any atom is -0.211 e. The van der Waals surface area contributed by atoms with E-state index >= 15 is 0 Å². The van der Waals surface area contributed by atoms with Crippen molar-refractivity contribution in [3.63, 3.8) is 0 Å². The molecule has 0 aliphatic carbocycles. The van der Waals surface area contributed by atoms with Gasteiger partial charge in [0.05, 0.1) is 12.6 Å². The van der Waals surface area contributed by atoms with E-state index in [1.807, 2.05) is 0 Å². The highest BCUT2D eigenvalue weighted by atomic mass is 16.1. The number of rotatable bonds is 8. The van der Waals surface area contributed by atoms with Crippen molar-refractivity contribution in [3.05, 3.63) is 0 Å². The topological polar surface area (TPSA) is 58.9 Å². The summed E-state index contributed by atoms with van der Waals surface area (Å²) in [6.07, 6.45) is 6.46. The molecule has 0 fully saturated rings. The van der Waals surface area contributed by atoms with E-state index in [2.05, 4.69) is 37.7 Å². The van der Waals surface area contributed by atoms with Crippen LogP contribution in [-0.4, -0.2) is 24.7 Å². The van der Waals surface area contributed by atoms with Gasteiger partial charge in [-0.25, -0.2) is 14.6 Å². The highest BCUT2D eigenvalue weighted by Crippen LogP contribution is 2.35. The number of isocyanates is 2. The van der Waals surface area contributed by atoms with Gasteiger partial charge in [-0.15, -0.1) is 0 Å². The molecule has 2 unspecified atom stereocenters. The van der Waals surface area contributed by atoms with E-state index in [0.29, 0.717) is 5.92 Å². The van der Waals surface area contributed by atoms with Crippen molar-refractivity contribution in [2.45, 2.75) is 53.0 Å². The maximum atomic E-state index is 10.4. The third-order valence-corrected chi connectivity index (χ3v) is 3.66. The Morgan fingerprint density at radius 1 is 1.24 bits per heavy atom. The molecule has 0 aliphatic rings. The molecule has 0 radical (unpaired) electrons. The van der Waals surface area contributed by atoms with E-state index in [0.717, 1.165) is 19.3 Å². The van der Waals surface area contributed by atoms with E-state index in [-0.39, 0.29) is 18.0 Å². The van der Waals surface area contributed by atoms with Crippen molar-refractivity contribution in [1.82, 2.24) is 0 Å². The Bertz CT molecular complexity index is 313. The summed E-state index contributed by atoms with van der Waals surface area (Å²) in [6, 6.07) is -0.298. The average molecular weight is 238 g/mol. The monoisotopic (exact) mass is 238 g/mol. The summed E-state index contributed by atoms with van der Waals surface area (Å²) < 4.78 is 0. The molecule has 0 aliphatic heterocycles. The Morgan fingerprint density at radius 3 is 2.35 bits per heavy atom. The van der Waals surface area contributed by atoms with Gasteiger partial charge in [0.1, 0.15) is 0 Å². The van der Waals surface area contributed by atoms with Crippen LogP contribution in [0.25, 0.3) is 0 Å². The van der Waals surface area contributed by atoms with Gasteiger partial charge in [0, 0.05) is 0 Å². The highest BCUT2D eigenvalue weighted by Gasteiger charge is 2.34. The van der Waals surface area contributed by atoms with Crippen LogP contribution in [0, 0.1) is 11.3 Å². The quantitative estimate of drug-likeness (QED) is 0.482. The van der Waals surface area contributed by atoms with Crippen molar-refractivity contribution >= 4 is 12.2 Å². The summed E-state index contributed by atoms with van der Waals surface area (Å²) in [4.78, 5) is 27.9. The standard InChI is InChI=1S/C13H22N2O2/c1-5-6-7-11(2)13(3,4)12(15-10-17)8-14-9-16/h11-12H,5-8H2,1-4H3. The Kier molecular flexibility index (Phi) is 7.36. The van der Waals surface area contributed by atoms with Crippen LogP contribution >= 0.6 is 0 Å². The molecule has 0 aromatic rings. The van der Waals surface area contributed by atoms with Crippen molar-refractivity contribution < 1.29 is 9.59 Å². The zero-order valence-electron chi connectivity index (χ0n) is 11.2. The van der Waals surface area contributed by atoms with Crippen molar-refractivity contribution in [1.29, 1.82) is 0 Å². The van der Waals surface area contributed by atoms with Crippen LogP contribution in [0.3, 0.4) is 0 Å². The molecule has 4 nitrogen and oxygen atoms in total. The first-order valence-corrected chi connectivity index (χ1v) is 6.11.